The summed E-state index contributed by atoms with van der Waals surface area (Å²) in [6, 6.07) is 3.23. The lowest BCUT2D eigenvalue weighted by atomic mass is 9.98. The smallest absolute Gasteiger partial charge is 0.324 e. The predicted octanol–water partition coefficient (Wildman–Crippen LogP) is 2.73. The van der Waals surface area contributed by atoms with E-state index in [9.17, 15) is 9.59 Å². The molecule has 98 valence electrons. The van der Waals surface area contributed by atoms with E-state index >= 15 is 0 Å². The molecule has 1 aromatic rings. The molecule has 0 spiro atoms. The SMILES string of the molecule is COC(=O)C(C(=O)OC)c1c(Cl)cc(C)cc1Cl. The van der Waals surface area contributed by atoms with E-state index in [-0.39, 0.29) is 15.6 Å². The van der Waals surface area contributed by atoms with Crippen molar-refractivity contribution in [2.24, 2.45) is 0 Å². The van der Waals surface area contributed by atoms with Gasteiger partial charge in [-0.1, -0.05) is 23.2 Å². The van der Waals surface area contributed by atoms with Crippen LogP contribution in [0.3, 0.4) is 0 Å². The average Bonchev–Trinajstić information content (AvgIpc) is 2.31. The summed E-state index contributed by atoms with van der Waals surface area (Å²) < 4.78 is 9.15. The van der Waals surface area contributed by atoms with Gasteiger partial charge in [0.05, 0.1) is 14.2 Å². The number of ether oxygens (including phenoxy) is 2. The molecule has 0 N–H and O–H groups in total. The number of hydrogen-bond acceptors (Lipinski definition) is 4. The Morgan fingerprint density at radius 1 is 1.06 bits per heavy atom. The number of benzene rings is 1. The molecule has 4 nitrogen and oxygen atoms in total. The second-order valence-corrected chi connectivity index (χ2v) is 4.44. The zero-order valence-corrected chi connectivity index (χ0v) is 11.6. The Morgan fingerprint density at radius 3 is 1.78 bits per heavy atom. The maximum atomic E-state index is 11.7. The van der Waals surface area contributed by atoms with Gasteiger partial charge in [0.15, 0.2) is 5.92 Å². The second-order valence-electron chi connectivity index (χ2n) is 3.62. The van der Waals surface area contributed by atoms with Crippen LogP contribution in [0.1, 0.15) is 17.0 Å². The monoisotopic (exact) mass is 290 g/mol. The van der Waals surface area contributed by atoms with Gasteiger partial charge in [-0.2, -0.15) is 0 Å². The Hall–Kier alpha value is -1.26. The van der Waals surface area contributed by atoms with E-state index in [2.05, 4.69) is 9.47 Å². The fraction of sp³-hybridized carbons (Fsp3) is 0.333. The Kier molecular flexibility index (Phi) is 4.99. The molecule has 0 unspecified atom stereocenters. The van der Waals surface area contributed by atoms with E-state index < -0.39 is 17.9 Å². The summed E-state index contributed by atoms with van der Waals surface area (Å²) in [6.07, 6.45) is 0. The van der Waals surface area contributed by atoms with Gasteiger partial charge in [-0.25, -0.2) is 0 Å². The summed E-state index contributed by atoms with van der Waals surface area (Å²) in [7, 11) is 2.35. The van der Waals surface area contributed by atoms with Crippen molar-refractivity contribution >= 4 is 35.1 Å². The molecule has 18 heavy (non-hydrogen) atoms. The number of rotatable bonds is 3. The molecule has 0 heterocycles. The van der Waals surface area contributed by atoms with Crippen LogP contribution in [0, 0.1) is 6.92 Å². The molecule has 0 aliphatic heterocycles. The predicted molar refractivity (Wildman–Crippen MR) is 68.0 cm³/mol. The van der Waals surface area contributed by atoms with Crippen LogP contribution in [0.5, 0.6) is 0 Å². The molecule has 0 fully saturated rings. The molecule has 1 aromatic carbocycles. The van der Waals surface area contributed by atoms with Crippen molar-refractivity contribution in [3.8, 4) is 0 Å². The van der Waals surface area contributed by atoms with E-state index in [1.54, 1.807) is 19.1 Å². The topological polar surface area (TPSA) is 52.6 Å². The summed E-state index contributed by atoms with van der Waals surface area (Å²) in [6.45, 7) is 1.80. The van der Waals surface area contributed by atoms with Crippen LogP contribution in [-0.4, -0.2) is 26.2 Å². The summed E-state index contributed by atoms with van der Waals surface area (Å²) in [4.78, 5) is 23.3. The minimum absolute atomic E-state index is 0.197. The van der Waals surface area contributed by atoms with E-state index in [1.807, 2.05) is 0 Å². The first-order valence-electron chi connectivity index (χ1n) is 5.03. The standard InChI is InChI=1S/C12H12Cl2O4/c1-6-4-7(13)9(8(14)5-6)10(11(15)17-2)12(16)18-3/h4-5,10H,1-3H3. The first kappa shape index (κ1) is 14.8. The van der Waals surface area contributed by atoms with Crippen molar-refractivity contribution in [2.75, 3.05) is 14.2 Å². The summed E-state index contributed by atoms with van der Waals surface area (Å²) in [5.74, 6) is -2.82. The first-order valence-corrected chi connectivity index (χ1v) is 5.79. The van der Waals surface area contributed by atoms with Crippen LogP contribution in [0.25, 0.3) is 0 Å². The molecular weight excluding hydrogens is 279 g/mol. The van der Waals surface area contributed by atoms with Crippen molar-refractivity contribution in [2.45, 2.75) is 12.8 Å². The van der Waals surface area contributed by atoms with Gasteiger partial charge in [-0.15, -0.1) is 0 Å². The lowest BCUT2D eigenvalue weighted by Crippen LogP contribution is -2.25. The zero-order valence-electron chi connectivity index (χ0n) is 10.1. The van der Waals surface area contributed by atoms with Crippen LogP contribution < -0.4 is 0 Å². The van der Waals surface area contributed by atoms with Gasteiger partial charge >= 0.3 is 11.9 Å². The van der Waals surface area contributed by atoms with Crippen molar-refractivity contribution in [1.29, 1.82) is 0 Å². The molecular formula is C12H12Cl2O4. The molecule has 0 atom stereocenters. The van der Waals surface area contributed by atoms with E-state index in [0.29, 0.717) is 0 Å². The molecule has 0 aliphatic rings. The van der Waals surface area contributed by atoms with Crippen molar-refractivity contribution in [1.82, 2.24) is 0 Å². The number of methoxy groups -OCH3 is 2. The maximum Gasteiger partial charge on any atom is 0.324 e. The summed E-state index contributed by atoms with van der Waals surface area (Å²) in [5, 5.41) is 0.446. The fourth-order valence-electron chi connectivity index (χ4n) is 1.55. The number of aryl methyl sites for hydroxylation is 1. The third kappa shape index (κ3) is 2.94. The van der Waals surface area contributed by atoms with Crippen LogP contribution in [0.2, 0.25) is 10.0 Å². The van der Waals surface area contributed by atoms with Gasteiger partial charge in [-0.05, 0) is 24.6 Å². The van der Waals surface area contributed by atoms with Gasteiger partial charge in [0, 0.05) is 15.6 Å². The highest BCUT2D eigenvalue weighted by Gasteiger charge is 2.34. The number of esters is 2. The Labute approximate surface area is 115 Å². The lowest BCUT2D eigenvalue weighted by molar-refractivity contribution is -0.154. The Morgan fingerprint density at radius 2 is 1.44 bits per heavy atom. The highest BCUT2D eigenvalue weighted by Crippen LogP contribution is 2.34. The Balaban J connectivity index is 3.38. The van der Waals surface area contributed by atoms with Crippen molar-refractivity contribution < 1.29 is 19.1 Å². The van der Waals surface area contributed by atoms with Crippen LogP contribution in [0.15, 0.2) is 12.1 Å². The minimum Gasteiger partial charge on any atom is -0.468 e. The number of carbonyl (C=O) groups is 2. The van der Waals surface area contributed by atoms with Gasteiger partial charge < -0.3 is 9.47 Å². The van der Waals surface area contributed by atoms with Crippen molar-refractivity contribution in [3.05, 3.63) is 33.3 Å². The highest BCUT2D eigenvalue weighted by atomic mass is 35.5. The summed E-state index contributed by atoms with van der Waals surface area (Å²) >= 11 is 12.1. The fourth-order valence-corrected chi connectivity index (χ4v) is 2.37. The average molecular weight is 291 g/mol. The lowest BCUT2D eigenvalue weighted by Gasteiger charge is -2.16. The highest BCUT2D eigenvalue weighted by molar-refractivity contribution is 6.37. The van der Waals surface area contributed by atoms with Gasteiger partial charge in [0.1, 0.15) is 0 Å². The van der Waals surface area contributed by atoms with Crippen LogP contribution in [-0.2, 0) is 19.1 Å². The quantitative estimate of drug-likeness (QED) is 0.634. The normalized spacial score (nSPS) is 10.3. The molecule has 0 saturated carbocycles. The van der Waals surface area contributed by atoms with Gasteiger partial charge in [0.2, 0.25) is 0 Å². The molecule has 0 amide bonds. The molecule has 0 aromatic heterocycles. The number of carbonyl (C=O) groups excluding carboxylic acids is 2. The van der Waals surface area contributed by atoms with Crippen LogP contribution in [0.4, 0.5) is 0 Å². The third-order valence-corrected chi connectivity index (χ3v) is 3.01. The van der Waals surface area contributed by atoms with Gasteiger partial charge in [-0.3, -0.25) is 9.59 Å². The maximum absolute atomic E-state index is 11.7. The molecule has 0 saturated heterocycles. The molecule has 0 radical (unpaired) electrons. The van der Waals surface area contributed by atoms with Crippen LogP contribution >= 0.6 is 23.2 Å². The zero-order chi connectivity index (χ0) is 13.9. The van der Waals surface area contributed by atoms with E-state index in [1.165, 1.54) is 14.2 Å². The molecule has 6 heteroatoms. The largest absolute Gasteiger partial charge is 0.468 e. The molecule has 0 aliphatic carbocycles. The Bertz CT molecular complexity index is 446. The number of halogens is 2. The van der Waals surface area contributed by atoms with E-state index in [0.717, 1.165) is 5.56 Å². The van der Waals surface area contributed by atoms with E-state index in [4.69, 9.17) is 23.2 Å². The number of hydrogen-bond donors (Lipinski definition) is 0. The second kappa shape index (κ2) is 6.07. The van der Waals surface area contributed by atoms with Crippen molar-refractivity contribution in [3.63, 3.8) is 0 Å². The third-order valence-electron chi connectivity index (χ3n) is 2.39. The molecule has 0 bridgehead atoms. The minimum atomic E-state index is -1.28. The summed E-state index contributed by atoms with van der Waals surface area (Å²) in [5.41, 5.74) is 1.02. The first-order chi connectivity index (χ1) is 8.42. The molecule has 1 rings (SSSR count). The van der Waals surface area contributed by atoms with Gasteiger partial charge in [0.25, 0.3) is 0 Å².